The molecule has 6 heteroatoms. The van der Waals surface area contributed by atoms with E-state index in [1.165, 1.54) is 8.97 Å². The second-order valence-electron chi connectivity index (χ2n) is 10.4. The molecule has 0 atom stereocenters. The van der Waals surface area contributed by atoms with Gasteiger partial charge in [0.15, 0.2) is 17.0 Å². The van der Waals surface area contributed by atoms with E-state index in [2.05, 4.69) is 0 Å². The standard InChI is InChI=1S/C34H18N2O4/c37-31-27-23-15-19-7-3-1-5-17(19)13-21(23)9-11-25(27)35-29(31)33(39)36-26-12-10-22-14-18-6-2-4-8-20(18)16-24(22)28(26)32(38)30(36)34(35)40/h1-16,37,40H. The molecule has 0 saturated carbocycles. The van der Waals surface area contributed by atoms with Crippen molar-refractivity contribution in [2.24, 2.45) is 0 Å². The molecule has 3 heterocycles. The Hall–Kier alpha value is -5.62. The zero-order valence-electron chi connectivity index (χ0n) is 20.8. The van der Waals surface area contributed by atoms with Crippen LogP contribution >= 0.6 is 0 Å². The highest BCUT2D eigenvalue weighted by atomic mass is 16.3. The van der Waals surface area contributed by atoms with E-state index in [-0.39, 0.29) is 22.8 Å². The number of rotatable bonds is 0. The Balaban J connectivity index is 1.42. The Kier molecular flexibility index (Phi) is 3.77. The molecule has 188 valence electrons. The summed E-state index contributed by atoms with van der Waals surface area (Å²) in [6.45, 7) is 0. The van der Waals surface area contributed by atoms with Crippen molar-refractivity contribution in [3.63, 3.8) is 0 Å². The quantitative estimate of drug-likeness (QED) is 0.216. The first-order valence-corrected chi connectivity index (χ1v) is 13.0. The number of nitrogens with zero attached hydrogens (tertiary/aromatic N) is 2. The summed E-state index contributed by atoms with van der Waals surface area (Å²) in [6, 6.07) is 31.1. The first kappa shape index (κ1) is 21.3. The van der Waals surface area contributed by atoms with Gasteiger partial charge in [-0.2, -0.15) is 0 Å². The Morgan fingerprint density at radius 1 is 0.600 bits per heavy atom. The number of ketones is 1. The molecule has 0 saturated heterocycles. The fourth-order valence-corrected chi connectivity index (χ4v) is 6.59. The summed E-state index contributed by atoms with van der Waals surface area (Å²) in [5.41, 5.74) is 0.464. The molecule has 0 unspecified atom stereocenters. The summed E-state index contributed by atoms with van der Waals surface area (Å²) in [7, 11) is 0. The zero-order chi connectivity index (χ0) is 26.9. The van der Waals surface area contributed by atoms with E-state index >= 15 is 0 Å². The third-order valence-electron chi connectivity index (χ3n) is 8.39. The molecule has 1 aliphatic rings. The van der Waals surface area contributed by atoms with Crippen LogP contribution in [0.3, 0.4) is 0 Å². The zero-order valence-corrected chi connectivity index (χ0v) is 20.8. The third kappa shape index (κ3) is 2.44. The number of hydrogen-bond acceptors (Lipinski definition) is 4. The predicted molar refractivity (Wildman–Crippen MR) is 157 cm³/mol. The van der Waals surface area contributed by atoms with Crippen molar-refractivity contribution >= 4 is 65.3 Å². The van der Waals surface area contributed by atoms with E-state index in [0.717, 1.165) is 37.7 Å². The van der Waals surface area contributed by atoms with Crippen LogP contribution in [0.4, 0.5) is 0 Å². The second kappa shape index (κ2) is 7.07. The summed E-state index contributed by atoms with van der Waals surface area (Å²) in [4.78, 5) is 28.0. The van der Waals surface area contributed by atoms with Crippen LogP contribution in [0.1, 0.15) is 16.1 Å². The smallest absolute Gasteiger partial charge is 0.284 e. The first-order chi connectivity index (χ1) is 19.5. The number of aromatic nitrogens is 2. The van der Waals surface area contributed by atoms with Gasteiger partial charge in [0.2, 0.25) is 11.7 Å². The highest BCUT2D eigenvalue weighted by Crippen LogP contribution is 2.43. The Morgan fingerprint density at radius 3 is 1.85 bits per heavy atom. The van der Waals surface area contributed by atoms with Crippen molar-refractivity contribution in [2.45, 2.75) is 0 Å². The van der Waals surface area contributed by atoms with Crippen LogP contribution in [0.5, 0.6) is 11.6 Å². The molecule has 0 amide bonds. The minimum Gasteiger partial charge on any atom is -0.505 e. The molecule has 6 aromatic carbocycles. The van der Waals surface area contributed by atoms with Gasteiger partial charge in [-0.3, -0.25) is 18.6 Å². The van der Waals surface area contributed by atoms with Crippen molar-refractivity contribution < 1.29 is 15.0 Å². The summed E-state index contributed by atoms with van der Waals surface area (Å²) in [6.07, 6.45) is 0. The molecule has 1 aliphatic heterocycles. The van der Waals surface area contributed by atoms with Crippen LogP contribution in [-0.2, 0) is 0 Å². The Labute approximate surface area is 225 Å². The van der Waals surface area contributed by atoms with Gasteiger partial charge in [-0.1, -0.05) is 60.7 Å². The minimum absolute atomic E-state index is 0.0730. The lowest BCUT2D eigenvalue weighted by molar-refractivity contribution is 0.103. The van der Waals surface area contributed by atoms with Crippen molar-refractivity contribution in [3.05, 3.63) is 119 Å². The van der Waals surface area contributed by atoms with Gasteiger partial charge in [-0.05, 0) is 79.5 Å². The monoisotopic (exact) mass is 518 g/mol. The minimum atomic E-state index is -0.567. The third-order valence-corrected chi connectivity index (χ3v) is 8.39. The van der Waals surface area contributed by atoms with Crippen molar-refractivity contribution in [2.75, 3.05) is 0 Å². The van der Waals surface area contributed by atoms with Crippen LogP contribution in [0.2, 0.25) is 0 Å². The number of carbonyl (C=O) groups is 1. The topological polar surface area (TPSA) is 83.9 Å². The molecular formula is C34H18N2O4. The van der Waals surface area contributed by atoms with E-state index < -0.39 is 11.3 Å². The van der Waals surface area contributed by atoms with Gasteiger partial charge in [-0.25, -0.2) is 0 Å². The lowest BCUT2D eigenvalue weighted by Gasteiger charge is -2.09. The number of carbonyl (C=O) groups excluding carboxylic acids is 1. The fourth-order valence-electron chi connectivity index (χ4n) is 6.59. The molecule has 0 aliphatic carbocycles. The van der Waals surface area contributed by atoms with Crippen LogP contribution in [-0.4, -0.2) is 25.0 Å². The second-order valence-corrected chi connectivity index (χ2v) is 10.4. The van der Waals surface area contributed by atoms with Crippen LogP contribution < -0.4 is 5.56 Å². The summed E-state index contributed by atoms with van der Waals surface area (Å²) < 4.78 is 2.56. The van der Waals surface area contributed by atoms with Gasteiger partial charge >= 0.3 is 0 Å². The van der Waals surface area contributed by atoms with E-state index in [9.17, 15) is 19.8 Å². The van der Waals surface area contributed by atoms with Gasteiger partial charge < -0.3 is 10.2 Å². The van der Waals surface area contributed by atoms with Crippen molar-refractivity contribution in [3.8, 4) is 17.3 Å². The van der Waals surface area contributed by atoms with Gasteiger partial charge in [0.1, 0.15) is 0 Å². The number of aromatic hydroxyl groups is 2. The normalized spacial score (nSPS) is 12.8. The average Bonchev–Trinajstić information content (AvgIpc) is 3.46. The van der Waals surface area contributed by atoms with Crippen LogP contribution in [0.25, 0.3) is 65.2 Å². The predicted octanol–water partition coefficient (Wildman–Crippen LogP) is 6.81. The van der Waals surface area contributed by atoms with Crippen molar-refractivity contribution in [1.82, 2.24) is 8.97 Å². The van der Waals surface area contributed by atoms with Gasteiger partial charge in [0.25, 0.3) is 5.56 Å². The molecule has 6 nitrogen and oxygen atoms in total. The highest BCUT2D eigenvalue weighted by molar-refractivity contribution is 6.24. The lowest BCUT2D eigenvalue weighted by Crippen LogP contribution is -2.22. The Bertz CT molecular complexity index is 2550. The maximum Gasteiger partial charge on any atom is 0.284 e. The molecule has 8 aromatic rings. The molecule has 0 spiro atoms. The summed E-state index contributed by atoms with van der Waals surface area (Å²) in [5, 5.41) is 30.9. The molecule has 2 N–H and O–H groups in total. The average molecular weight is 519 g/mol. The van der Waals surface area contributed by atoms with Gasteiger partial charge in [0.05, 0.1) is 22.2 Å². The SMILES string of the molecule is O=C1c2c(ccc3cc4ccccc4cc23)-n2c1c(O)n1c(c(O)c3c4cc5ccccc5cc4ccc31)c2=O. The maximum absolute atomic E-state index is 14.1. The van der Waals surface area contributed by atoms with Crippen LogP contribution in [0.15, 0.2) is 102 Å². The molecule has 2 aromatic heterocycles. The van der Waals surface area contributed by atoms with E-state index in [1.807, 2.05) is 84.9 Å². The molecule has 0 radical (unpaired) electrons. The molecule has 9 rings (SSSR count). The van der Waals surface area contributed by atoms with E-state index in [4.69, 9.17) is 0 Å². The fraction of sp³-hybridized carbons (Fsp3) is 0. The molecule has 0 fully saturated rings. The van der Waals surface area contributed by atoms with Crippen molar-refractivity contribution in [1.29, 1.82) is 0 Å². The Morgan fingerprint density at radius 2 is 1.18 bits per heavy atom. The summed E-state index contributed by atoms with van der Waals surface area (Å²) >= 11 is 0. The van der Waals surface area contributed by atoms with E-state index in [1.54, 1.807) is 12.1 Å². The highest BCUT2D eigenvalue weighted by Gasteiger charge is 2.36. The van der Waals surface area contributed by atoms with E-state index in [0.29, 0.717) is 27.5 Å². The summed E-state index contributed by atoms with van der Waals surface area (Å²) in [5.74, 6) is -1.03. The molecule has 40 heavy (non-hydrogen) atoms. The number of hydrogen-bond donors (Lipinski definition) is 2. The number of benzene rings is 6. The first-order valence-electron chi connectivity index (χ1n) is 13.0. The largest absolute Gasteiger partial charge is 0.505 e. The molecular weight excluding hydrogens is 500 g/mol. The molecule has 0 bridgehead atoms. The van der Waals surface area contributed by atoms with Crippen LogP contribution in [0, 0.1) is 0 Å². The number of fused-ring (bicyclic) bond motifs is 12. The van der Waals surface area contributed by atoms with Gasteiger partial charge in [0, 0.05) is 0 Å². The lowest BCUT2D eigenvalue weighted by atomic mass is 9.97. The maximum atomic E-state index is 14.1. The van der Waals surface area contributed by atoms with Gasteiger partial charge in [-0.15, -0.1) is 0 Å².